The van der Waals surface area contributed by atoms with Gasteiger partial charge < -0.3 is 14.8 Å². The minimum Gasteiger partial charge on any atom is -0.355 e. The van der Waals surface area contributed by atoms with Crippen LogP contribution in [-0.4, -0.2) is 38.7 Å². The second-order valence-electron chi connectivity index (χ2n) is 7.50. The third-order valence-corrected chi connectivity index (χ3v) is 6.51. The molecule has 0 aliphatic carbocycles. The van der Waals surface area contributed by atoms with E-state index in [0.717, 1.165) is 46.7 Å². The van der Waals surface area contributed by atoms with E-state index in [1.165, 1.54) is 24.2 Å². The zero-order chi connectivity index (χ0) is 21.2. The van der Waals surface area contributed by atoms with Gasteiger partial charge in [0, 0.05) is 36.7 Å². The SMILES string of the molecule is Cc1nc(-n2cccc2)sc1C(=O)Nc1ccc(-c2ccc(N3CCCC3)nn2)cc1. The van der Waals surface area contributed by atoms with E-state index < -0.39 is 0 Å². The lowest BCUT2D eigenvalue weighted by Gasteiger charge is -2.15. The van der Waals surface area contributed by atoms with Crippen molar-refractivity contribution in [2.24, 2.45) is 0 Å². The van der Waals surface area contributed by atoms with Crippen molar-refractivity contribution in [2.75, 3.05) is 23.3 Å². The van der Waals surface area contributed by atoms with Crippen LogP contribution in [0, 0.1) is 6.92 Å². The Hall–Kier alpha value is -3.52. The molecule has 156 valence electrons. The standard InChI is InChI=1S/C23H22N6OS/c1-16-21(31-23(24-16)29-14-4-5-15-29)22(30)25-18-8-6-17(7-9-18)19-10-11-20(27-26-19)28-12-2-3-13-28/h4-11,14-15H,2-3,12-13H2,1H3,(H,25,30). The molecular weight excluding hydrogens is 408 g/mol. The minimum absolute atomic E-state index is 0.157. The first-order valence-electron chi connectivity index (χ1n) is 10.3. The number of hydrogen-bond acceptors (Lipinski definition) is 6. The molecule has 4 heterocycles. The third kappa shape index (κ3) is 4.06. The van der Waals surface area contributed by atoms with Gasteiger partial charge >= 0.3 is 0 Å². The number of anilines is 2. The molecule has 0 unspecified atom stereocenters. The van der Waals surface area contributed by atoms with Crippen molar-refractivity contribution in [3.8, 4) is 16.4 Å². The first-order chi connectivity index (χ1) is 15.2. The van der Waals surface area contributed by atoms with Crippen LogP contribution in [0.25, 0.3) is 16.4 Å². The highest BCUT2D eigenvalue weighted by atomic mass is 32.1. The van der Waals surface area contributed by atoms with Gasteiger partial charge in [0.1, 0.15) is 4.88 Å². The van der Waals surface area contributed by atoms with E-state index in [-0.39, 0.29) is 5.91 Å². The van der Waals surface area contributed by atoms with E-state index in [9.17, 15) is 4.79 Å². The second-order valence-corrected chi connectivity index (χ2v) is 8.48. The molecule has 1 saturated heterocycles. The molecule has 1 aliphatic heterocycles. The maximum atomic E-state index is 12.8. The fourth-order valence-electron chi connectivity index (χ4n) is 3.67. The summed E-state index contributed by atoms with van der Waals surface area (Å²) < 4.78 is 1.90. The number of amides is 1. The largest absolute Gasteiger partial charge is 0.355 e. The summed E-state index contributed by atoms with van der Waals surface area (Å²) in [5.41, 5.74) is 3.22. The van der Waals surface area contributed by atoms with Gasteiger partial charge in [-0.05, 0) is 56.2 Å². The molecule has 0 saturated carbocycles. The molecular formula is C23H22N6OS. The lowest BCUT2D eigenvalue weighted by Crippen LogP contribution is -2.19. The average molecular weight is 431 g/mol. The Balaban J connectivity index is 1.28. The van der Waals surface area contributed by atoms with Gasteiger partial charge in [-0.3, -0.25) is 4.79 Å². The van der Waals surface area contributed by atoms with E-state index in [2.05, 4.69) is 25.4 Å². The number of benzene rings is 1. The number of carbonyl (C=O) groups excluding carboxylic acids is 1. The Morgan fingerprint density at radius 2 is 1.74 bits per heavy atom. The van der Waals surface area contributed by atoms with Gasteiger partial charge in [0.05, 0.1) is 11.4 Å². The van der Waals surface area contributed by atoms with Crippen LogP contribution >= 0.6 is 11.3 Å². The smallest absolute Gasteiger partial charge is 0.267 e. The first-order valence-corrected chi connectivity index (χ1v) is 11.1. The summed E-state index contributed by atoms with van der Waals surface area (Å²) in [6, 6.07) is 15.5. The number of thiazole rings is 1. The monoisotopic (exact) mass is 430 g/mol. The topological polar surface area (TPSA) is 75.9 Å². The van der Waals surface area contributed by atoms with Gasteiger partial charge in [0.25, 0.3) is 5.91 Å². The fraction of sp³-hybridized carbons (Fsp3) is 0.217. The third-order valence-electron chi connectivity index (χ3n) is 5.34. The van der Waals surface area contributed by atoms with E-state index in [4.69, 9.17) is 0 Å². The van der Waals surface area contributed by atoms with Crippen molar-refractivity contribution in [1.29, 1.82) is 0 Å². The Labute approximate surface area is 184 Å². The van der Waals surface area contributed by atoms with E-state index in [0.29, 0.717) is 4.88 Å². The Morgan fingerprint density at radius 1 is 1.00 bits per heavy atom. The number of carbonyl (C=O) groups is 1. The van der Waals surface area contributed by atoms with E-state index in [1.54, 1.807) is 0 Å². The highest BCUT2D eigenvalue weighted by Gasteiger charge is 2.17. The van der Waals surface area contributed by atoms with Crippen LogP contribution in [0.2, 0.25) is 0 Å². The van der Waals surface area contributed by atoms with Crippen LogP contribution in [0.15, 0.2) is 60.9 Å². The van der Waals surface area contributed by atoms with Crippen LogP contribution in [0.5, 0.6) is 0 Å². The number of rotatable bonds is 5. The van der Waals surface area contributed by atoms with Crippen molar-refractivity contribution >= 4 is 28.7 Å². The van der Waals surface area contributed by atoms with Crippen molar-refractivity contribution in [2.45, 2.75) is 19.8 Å². The molecule has 3 aromatic heterocycles. The fourth-order valence-corrected chi connectivity index (χ4v) is 4.60. The molecule has 0 bridgehead atoms. The van der Waals surface area contributed by atoms with Crippen LogP contribution in [0.1, 0.15) is 28.2 Å². The molecule has 0 atom stereocenters. The number of nitrogens with zero attached hydrogens (tertiary/aromatic N) is 5. The highest BCUT2D eigenvalue weighted by Crippen LogP contribution is 2.25. The zero-order valence-electron chi connectivity index (χ0n) is 17.2. The summed E-state index contributed by atoms with van der Waals surface area (Å²) in [7, 11) is 0. The van der Waals surface area contributed by atoms with Crippen molar-refractivity contribution in [1.82, 2.24) is 19.7 Å². The number of nitrogens with one attached hydrogen (secondary N) is 1. The molecule has 0 spiro atoms. The summed E-state index contributed by atoms with van der Waals surface area (Å²) in [5.74, 6) is 0.778. The maximum absolute atomic E-state index is 12.8. The summed E-state index contributed by atoms with van der Waals surface area (Å²) in [4.78, 5) is 20.1. The van der Waals surface area contributed by atoms with Crippen LogP contribution in [0.4, 0.5) is 11.5 Å². The van der Waals surface area contributed by atoms with Crippen LogP contribution < -0.4 is 10.2 Å². The molecule has 1 fully saturated rings. The number of aromatic nitrogens is 4. The molecule has 8 heteroatoms. The predicted octanol–water partition coefficient (Wildman–Crippen LogP) is 4.55. The van der Waals surface area contributed by atoms with Gasteiger partial charge in [-0.2, -0.15) is 0 Å². The molecule has 1 amide bonds. The summed E-state index contributed by atoms with van der Waals surface area (Å²) in [6.45, 7) is 3.95. The number of hydrogen-bond donors (Lipinski definition) is 1. The molecule has 7 nitrogen and oxygen atoms in total. The summed E-state index contributed by atoms with van der Waals surface area (Å²) in [5, 5.41) is 12.5. The van der Waals surface area contributed by atoms with Crippen molar-refractivity contribution in [3.63, 3.8) is 0 Å². The van der Waals surface area contributed by atoms with E-state index >= 15 is 0 Å². The molecule has 31 heavy (non-hydrogen) atoms. The number of aryl methyl sites for hydroxylation is 1. The van der Waals surface area contributed by atoms with Crippen molar-refractivity contribution in [3.05, 3.63) is 71.5 Å². The molecule has 0 radical (unpaired) electrons. The second kappa shape index (κ2) is 8.31. The maximum Gasteiger partial charge on any atom is 0.267 e. The van der Waals surface area contributed by atoms with Crippen LogP contribution in [-0.2, 0) is 0 Å². The van der Waals surface area contributed by atoms with Crippen molar-refractivity contribution < 1.29 is 4.79 Å². The normalized spacial score (nSPS) is 13.5. The minimum atomic E-state index is -0.157. The lowest BCUT2D eigenvalue weighted by molar-refractivity contribution is 0.103. The Bertz CT molecular complexity index is 1180. The molecule has 1 aliphatic rings. The van der Waals surface area contributed by atoms with Gasteiger partial charge in [0.2, 0.25) is 0 Å². The van der Waals surface area contributed by atoms with Gasteiger partial charge in [-0.1, -0.05) is 23.5 Å². The van der Waals surface area contributed by atoms with Gasteiger partial charge in [0.15, 0.2) is 10.9 Å². The Morgan fingerprint density at radius 3 is 2.42 bits per heavy atom. The lowest BCUT2D eigenvalue weighted by atomic mass is 10.1. The first kappa shape index (κ1) is 19.4. The molecule has 1 N–H and O–H groups in total. The summed E-state index contributed by atoms with van der Waals surface area (Å²) >= 11 is 1.37. The zero-order valence-corrected chi connectivity index (χ0v) is 18.0. The van der Waals surface area contributed by atoms with Gasteiger partial charge in [-0.25, -0.2) is 4.98 Å². The summed E-state index contributed by atoms with van der Waals surface area (Å²) in [6.07, 6.45) is 6.26. The molecule has 1 aromatic carbocycles. The highest BCUT2D eigenvalue weighted by molar-refractivity contribution is 7.16. The molecule has 4 aromatic rings. The quantitative estimate of drug-likeness (QED) is 0.503. The Kier molecular flexibility index (Phi) is 5.21. The van der Waals surface area contributed by atoms with Gasteiger partial charge in [-0.15, -0.1) is 10.2 Å². The van der Waals surface area contributed by atoms with Crippen LogP contribution in [0.3, 0.4) is 0 Å². The predicted molar refractivity (Wildman–Crippen MR) is 123 cm³/mol. The van der Waals surface area contributed by atoms with E-state index in [1.807, 2.05) is 72.4 Å². The molecule has 5 rings (SSSR count). The average Bonchev–Trinajstić information content (AvgIpc) is 3.56.